The molecule has 1 aliphatic heterocycles. The van der Waals surface area contributed by atoms with E-state index in [4.69, 9.17) is 0 Å². The summed E-state index contributed by atoms with van der Waals surface area (Å²) in [5.41, 5.74) is 3.87. The lowest BCUT2D eigenvalue weighted by molar-refractivity contribution is -0.115. The summed E-state index contributed by atoms with van der Waals surface area (Å²) in [6.07, 6.45) is 4.86. The van der Waals surface area contributed by atoms with Crippen LogP contribution >= 0.6 is 0 Å². The summed E-state index contributed by atoms with van der Waals surface area (Å²) < 4.78 is 1.92. The van der Waals surface area contributed by atoms with Crippen molar-refractivity contribution in [3.63, 3.8) is 0 Å². The molecule has 1 aliphatic rings. The number of nitrogens with one attached hydrogen (secondary N) is 2. The van der Waals surface area contributed by atoms with Gasteiger partial charge in [-0.3, -0.25) is 4.79 Å². The van der Waals surface area contributed by atoms with E-state index >= 15 is 0 Å². The van der Waals surface area contributed by atoms with Crippen LogP contribution in [0.2, 0.25) is 0 Å². The van der Waals surface area contributed by atoms with Crippen LogP contribution in [0.25, 0.3) is 5.69 Å². The highest BCUT2D eigenvalue weighted by Crippen LogP contribution is 2.20. The van der Waals surface area contributed by atoms with Crippen molar-refractivity contribution in [2.45, 2.75) is 25.7 Å². The van der Waals surface area contributed by atoms with E-state index in [1.165, 1.54) is 5.56 Å². The zero-order valence-electron chi connectivity index (χ0n) is 15.2. The molecule has 7 nitrogen and oxygen atoms in total. The van der Waals surface area contributed by atoms with E-state index in [0.29, 0.717) is 17.4 Å². The molecule has 1 unspecified atom stereocenters. The molecule has 0 bridgehead atoms. The van der Waals surface area contributed by atoms with Crippen molar-refractivity contribution in [3.8, 4) is 5.69 Å². The minimum Gasteiger partial charge on any atom is -0.316 e. The predicted molar refractivity (Wildman–Crippen MR) is 103 cm³/mol. The molecule has 1 amide bonds. The molecule has 1 fully saturated rings. The number of anilines is 1. The minimum absolute atomic E-state index is 0.158. The molecule has 3 aromatic rings. The number of aryl methyl sites for hydroxylation is 1. The maximum absolute atomic E-state index is 12.3. The lowest BCUT2D eigenvalue weighted by Crippen LogP contribution is -2.16. The highest BCUT2D eigenvalue weighted by molar-refractivity contribution is 5.91. The predicted octanol–water partition coefficient (Wildman–Crippen LogP) is 2.23. The fourth-order valence-electron chi connectivity index (χ4n) is 3.27. The van der Waals surface area contributed by atoms with E-state index in [0.717, 1.165) is 30.9 Å². The summed E-state index contributed by atoms with van der Waals surface area (Å²) in [5, 5.41) is 14.5. The van der Waals surface area contributed by atoms with E-state index in [-0.39, 0.29) is 12.3 Å². The Hall–Kier alpha value is -3.06. The Morgan fingerprint density at radius 2 is 2.22 bits per heavy atom. The van der Waals surface area contributed by atoms with Gasteiger partial charge in [0.05, 0.1) is 24.1 Å². The second-order valence-electron chi connectivity index (χ2n) is 6.87. The standard InChI is InChI=1S/C20H22N6O/c1-14-3-2-4-17(9-14)26-12-16(22-13-26)10-20(27)23-19-6-5-18(24-25-19)15-7-8-21-11-15/h2-6,9,12-13,15,21H,7-8,10-11H2,1H3,(H,23,25,27). The molecule has 1 atom stereocenters. The van der Waals surface area contributed by atoms with E-state index in [1.807, 2.05) is 48.0 Å². The molecular weight excluding hydrogens is 340 g/mol. The van der Waals surface area contributed by atoms with Gasteiger partial charge in [-0.15, -0.1) is 5.10 Å². The minimum atomic E-state index is -0.158. The summed E-state index contributed by atoms with van der Waals surface area (Å²) >= 11 is 0. The third-order valence-corrected chi connectivity index (χ3v) is 4.71. The van der Waals surface area contributed by atoms with Crippen LogP contribution in [-0.4, -0.2) is 38.7 Å². The van der Waals surface area contributed by atoms with Gasteiger partial charge in [0.2, 0.25) is 5.91 Å². The molecular formula is C20H22N6O. The van der Waals surface area contributed by atoms with E-state index < -0.39 is 0 Å². The number of hydrogen-bond donors (Lipinski definition) is 2. The van der Waals surface area contributed by atoms with Crippen molar-refractivity contribution < 1.29 is 4.79 Å². The maximum Gasteiger partial charge on any atom is 0.231 e. The third-order valence-electron chi connectivity index (χ3n) is 4.71. The van der Waals surface area contributed by atoms with Crippen LogP contribution in [0.5, 0.6) is 0 Å². The van der Waals surface area contributed by atoms with Crippen LogP contribution in [0.3, 0.4) is 0 Å². The third kappa shape index (κ3) is 4.20. The number of hydrogen-bond acceptors (Lipinski definition) is 5. The number of nitrogens with zero attached hydrogens (tertiary/aromatic N) is 4. The van der Waals surface area contributed by atoms with Gasteiger partial charge in [0.1, 0.15) is 0 Å². The van der Waals surface area contributed by atoms with Gasteiger partial charge < -0.3 is 15.2 Å². The van der Waals surface area contributed by atoms with Gasteiger partial charge in [0.25, 0.3) is 0 Å². The zero-order valence-corrected chi connectivity index (χ0v) is 15.2. The topological polar surface area (TPSA) is 84.7 Å². The Morgan fingerprint density at radius 1 is 1.30 bits per heavy atom. The van der Waals surface area contributed by atoms with Crippen molar-refractivity contribution in [2.75, 3.05) is 18.4 Å². The molecule has 0 spiro atoms. The summed E-state index contributed by atoms with van der Waals surface area (Å²) in [7, 11) is 0. The number of carbonyl (C=O) groups is 1. The fraction of sp³-hybridized carbons (Fsp3) is 0.300. The first-order valence-corrected chi connectivity index (χ1v) is 9.11. The number of aromatic nitrogens is 4. The molecule has 2 N–H and O–H groups in total. The number of imidazole rings is 1. The smallest absolute Gasteiger partial charge is 0.231 e. The van der Waals surface area contributed by atoms with Crippen LogP contribution in [0.4, 0.5) is 5.82 Å². The normalized spacial score (nSPS) is 16.4. The SMILES string of the molecule is Cc1cccc(-n2cnc(CC(=O)Nc3ccc(C4CCNC4)nn3)c2)c1. The Kier molecular flexibility index (Phi) is 4.93. The van der Waals surface area contributed by atoms with Gasteiger partial charge in [0, 0.05) is 24.3 Å². The van der Waals surface area contributed by atoms with Crippen molar-refractivity contribution in [2.24, 2.45) is 0 Å². The van der Waals surface area contributed by atoms with Crippen LogP contribution in [0.1, 0.15) is 29.3 Å². The summed E-state index contributed by atoms with van der Waals surface area (Å²) in [4.78, 5) is 16.6. The largest absolute Gasteiger partial charge is 0.316 e. The van der Waals surface area contributed by atoms with Crippen LogP contribution in [0, 0.1) is 6.92 Å². The Morgan fingerprint density at radius 3 is 2.96 bits per heavy atom. The van der Waals surface area contributed by atoms with E-state index in [1.54, 1.807) is 6.33 Å². The number of rotatable bonds is 5. The number of benzene rings is 1. The first-order valence-electron chi connectivity index (χ1n) is 9.11. The highest BCUT2D eigenvalue weighted by atomic mass is 16.1. The van der Waals surface area contributed by atoms with E-state index in [9.17, 15) is 4.79 Å². The summed E-state index contributed by atoms with van der Waals surface area (Å²) in [5.74, 6) is 0.717. The average Bonchev–Trinajstić information content (AvgIpc) is 3.34. The molecule has 1 aromatic carbocycles. The summed E-state index contributed by atoms with van der Waals surface area (Å²) in [6.45, 7) is 3.99. The van der Waals surface area contributed by atoms with Gasteiger partial charge in [-0.2, -0.15) is 5.10 Å². The number of amides is 1. The Balaban J connectivity index is 1.37. The molecule has 0 aliphatic carbocycles. The quantitative estimate of drug-likeness (QED) is 0.727. The Labute approximate surface area is 157 Å². The first-order chi connectivity index (χ1) is 13.2. The molecule has 4 rings (SSSR count). The van der Waals surface area contributed by atoms with Crippen molar-refractivity contribution in [1.82, 2.24) is 25.1 Å². The van der Waals surface area contributed by atoms with Gasteiger partial charge >= 0.3 is 0 Å². The molecule has 1 saturated heterocycles. The molecule has 138 valence electrons. The van der Waals surface area contributed by atoms with Crippen molar-refractivity contribution in [1.29, 1.82) is 0 Å². The molecule has 2 aromatic heterocycles. The zero-order chi connectivity index (χ0) is 18.6. The van der Waals surface area contributed by atoms with Crippen LogP contribution < -0.4 is 10.6 Å². The average molecular weight is 362 g/mol. The molecule has 27 heavy (non-hydrogen) atoms. The summed E-state index contributed by atoms with van der Waals surface area (Å²) in [6, 6.07) is 11.9. The Bertz CT molecular complexity index is 928. The van der Waals surface area contributed by atoms with Crippen LogP contribution in [-0.2, 0) is 11.2 Å². The fourth-order valence-corrected chi connectivity index (χ4v) is 3.27. The second kappa shape index (κ2) is 7.67. The monoisotopic (exact) mass is 362 g/mol. The maximum atomic E-state index is 12.3. The molecule has 7 heteroatoms. The molecule has 3 heterocycles. The second-order valence-corrected chi connectivity index (χ2v) is 6.87. The van der Waals surface area contributed by atoms with E-state index in [2.05, 4.69) is 31.9 Å². The van der Waals surface area contributed by atoms with Gasteiger partial charge in [-0.05, 0) is 49.7 Å². The van der Waals surface area contributed by atoms with Crippen LogP contribution in [0.15, 0.2) is 48.9 Å². The number of carbonyl (C=O) groups excluding carboxylic acids is 1. The van der Waals surface area contributed by atoms with Crippen molar-refractivity contribution >= 4 is 11.7 Å². The van der Waals surface area contributed by atoms with Gasteiger partial charge in [-0.25, -0.2) is 4.98 Å². The van der Waals surface area contributed by atoms with Crippen molar-refractivity contribution in [3.05, 3.63) is 65.9 Å². The highest BCUT2D eigenvalue weighted by Gasteiger charge is 2.18. The lowest BCUT2D eigenvalue weighted by Gasteiger charge is -2.08. The van der Waals surface area contributed by atoms with Gasteiger partial charge in [0.15, 0.2) is 5.82 Å². The molecule has 0 saturated carbocycles. The molecule has 0 radical (unpaired) electrons. The van der Waals surface area contributed by atoms with Gasteiger partial charge in [-0.1, -0.05) is 12.1 Å². The first kappa shape index (κ1) is 17.4. The lowest BCUT2D eigenvalue weighted by atomic mass is 10.1.